The van der Waals surface area contributed by atoms with Gasteiger partial charge in [0.05, 0.1) is 12.2 Å². The summed E-state index contributed by atoms with van der Waals surface area (Å²) in [6, 6.07) is 19.2. The highest BCUT2D eigenvalue weighted by molar-refractivity contribution is 6.18. The molecule has 188 valence electrons. The molecule has 3 aromatic carbocycles. The van der Waals surface area contributed by atoms with Crippen molar-refractivity contribution >= 4 is 33.4 Å². The van der Waals surface area contributed by atoms with Crippen LogP contribution in [0.2, 0.25) is 0 Å². The van der Waals surface area contributed by atoms with Gasteiger partial charge in [0.15, 0.2) is 5.60 Å². The van der Waals surface area contributed by atoms with Crippen LogP contribution in [-0.2, 0) is 9.53 Å². The smallest absolute Gasteiger partial charge is 0.256 e. The first-order valence-corrected chi connectivity index (χ1v) is 13.4. The third kappa shape index (κ3) is 3.78. The summed E-state index contributed by atoms with van der Waals surface area (Å²) in [6.45, 7) is 8.47. The summed E-state index contributed by atoms with van der Waals surface area (Å²) in [4.78, 5) is 33.5. The van der Waals surface area contributed by atoms with Gasteiger partial charge in [-0.05, 0) is 54.3 Å². The maximum Gasteiger partial charge on any atom is 0.256 e. The summed E-state index contributed by atoms with van der Waals surface area (Å²) < 4.78 is 6.16. The Balaban J connectivity index is 1.20. The van der Waals surface area contributed by atoms with Gasteiger partial charge in [-0.15, -0.1) is 0 Å². The van der Waals surface area contributed by atoms with Crippen LogP contribution in [0.3, 0.4) is 0 Å². The quantitative estimate of drug-likeness (QED) is 0.519. The predicted octanol–water partition coefficient (Wildman–Crippen LogP) is 4.31. The number of fused-ring (bicyclic) bond motifs is 2. The lowest BCUT2D eigenvalue weighted by Crippen LogP contribution is -2.59. The Hall–Kier alpha value is -2.96. The van der Waals surface area contributed by atoms with Crippen LogP contribution < -0.4 is 0 Å². The SMILES string of the molecule is CCN1C(=O)C2(CC1C)CN(C1CCN(C(=O)c3c4ccccc4cc4ccccc34)CC1)CCO2. The van der Waals surface area contributed by atoms with Crippen molar-refractivity contribution in [3.05, 3.63) is 60.2 Å². The maximum absolute atomic E-state index is 13.9. The zero-order valence-corrected chi connectivity index (χ0v) is 21.3. The summed E-state index contributed by atoms with van der Waals surface area (Å²) in [5.41, 5.74) is 0.125. The van der Waals surface area contributed by atoms with E-state index in [0.29, 0.717) is 19.2 Å². The fraction of sp³-hybridized carbons (Fsp3) is 0.467. The number of likely N-dealkylation sites (N-methyl/N-ethyl adjacent to an activating group) is 1. The molecule has 3 saturated heterocycles. The second-order valence-corrected chi connectivity index (χ2v) is 10.7. The van der Waals surface area contributed by atoms with E-state index in [-0.39, 0.29) is 17.9 Å². The average molecular weight is 486 g/mol. The number of hydrogen-bond acceptors (Lipinski definition) is 4. The number of ether oxygens (including phenoxy) is 1. The fourth-order valence-corrected chi connectivity index (χ4v) is 6.80. The molecule has 6 nitrogen and oxygen atoms in total. The molecule has 3 aliphatic rings. The molecule has 2 amide bonds. The highest BCUT2D eigenvalue weighted by atomic mass is 16.5. The molecule has 0 aromatic heterocycles. The van der Waals surface area contributed by atoms with Crippen LogP contribution in [0.5, 0.6) is 0 Å². The zero-order chi connectivity index (χ0) is 24.9. The van der Waals surface area contributed by atoms with Crippen molar-refractivity contribution in [3.8, 4) is 0 Å². The molecule has 3 heterocycles. The Bertz CT molecular complexity index is 1260. The van der Waals surface area contributed by atoms with Gasteiger partial charge in [0.2, 0.25) is 0 Å². The largest absolute Gasteiger partial charge is 0.362 e. The molecular formula is C30H35N3O3. The topological polar surface area (TPSA) is 53.1 Å². The summed E-state index contributed by atoms with van der Waals surface area (Å²) >= 11 is 0. The Morgan fingerprint density at radius 1 is 1.00 bits per heavy atom. The summed E-state index contributed by atoms with van der Waals surface area (Å²) in [7, 11) is 0. The van der Waals surface area contributed by atoms with Crippen LogP contribution in [-0.4, -0.2) is 83.5 Å². The molecule has 3 fully saturated rings. The van der Waals surface area contributed by atoms with Gasteiger partial charge in [-0.3, -0.25) is 14.5 Å². The van der Waals surface area contributed by atoms with Crippen LogP contribution >= 0.6 is 0 Å². The number of amides is 2. The second kappa shape index (κ2) is 9.16. The first kappa shape index (κ1) is 23.4. The molecule has 0 N–H and O–H groups in total. The number of hydrogen-bond donors (Lipinski definition) is 0. The lowest BCUT2D eigenvalue weighted by molar-refractivity contribution is -0.163. The molecule has 0 radical (unpaired) electrons. The molecular weight excluding hydrogens is 450 g/mol. The van der Waals surface area contributed by atoms with E-state index in [2.05, 4.69) is 42.2 Å². The molecule has 0 bridgehead atoms. The van der Waals surface area contributed by atoms with Crippen molar-refractivity contribution in [1.82, 2.24) is 14.7 Å². The van der Waals surface area contributed by atoms with Gasteiger partial charge in [0.25, 0.3) is 11.8 Å². The van der Waals surface area contributed by atoms with Crippen molar-refractivity contribution in [2.24, 2.45) is 0 Å². The lowest BCUT2D eigenvalue weighted by atomic mass is 9.93. The van der Waals surface area contributed by atoms with Crippen LogP contribution in [0.25, 0.3) is 21.5 Å². The summed E-state index contributed by atoms with van der Waals surface area (Å²) in [5, 5.41) is 4.25. The number of morpholine rings is 1. The molecule has 0 saturated carbocycles. The van der Waals surface area contributed by atoms with Crippen LogP contribution in [0.1, 0.15) is 43.5 Å². The van der Waals surface area contributed by atoms with Crippen molar-refractivity contribution in [3.63, 3.8) is 0 Å². The Morgan fingerprint density at radius 2 is 1.64 bits per heavy atom. The monoisotopic (exact) mass is 485 g/mol. The van der Waals surface area contributed by atoms with Crippen LogP contribution in [0.15, 0.2) is 54.6 Å². The van der Waals surface area contributed by atoms with Crippen molar-refractivity contribution in [1.29, 1.82) is 0 Å². The Kier molecular flexibility index (Phi) is 5.97. The van der Waals surface area contributed by atoms with Gasteiger partial charge >= 0.3 is 0 Å². The molecule has 2 unspecified atom stereocenters. The first-order chi connectivity index (χ1) is 17.5. The molecule has 2 atom stereocenters. The number of nitrogens with zero attached hydrogens (tertiary/aromatic N) is 3. The average Bonchev–Trinajstić information content (AvgIpc) is 3.14. The van der Waals surface area contributed by atoms with E-state index in [1.807, 2.05) is 41.0 Å². The molecule has 6 heteroatoms. The third-order valence-electron chi connectivity index (χ3n) is 8.62. The highest BCUT2D eigenvalue weighted by Crippen LogP contribution is 2.36. The van der Waals surface area contributed by atoms with E-state index >= 15 is 0 Å². The minimum atomic E-state index is -0.692. The minimum Gasteiger partial charge on any atom is -0.362 e. The van der Waals surface area contributed by atoms with Gasteiger partial charge < -0.3 is 14.5 Å². The van der Waals surface area contributed by atoms with Crippen LogP contribution in [0.4, 0.5) is 0 Å². The normalized spacial score (nSPS) is 25.9. The van der Waals surface area contributed by atoms with Crippen molar-refractivity contribution in [2.45, 2.75) is 50.8 Å². The number of likely N-dealkylation sites (tertiary alicyclic amines) is 2. The standard InChI is InChI=1S/C30H35N3O3/c1-3-33-21(2)19-30(29(33)35)20-32(16-17-36-30)24-12-14-31(15-13-24)28(34)27-25-10-6-4-8-22(25)18-23-9-5-7-11-26(23)27/h4-11,18,21,24H,3,12-17,19-20H2,1-2H3. The molecule has 1 spiro atoms. The fourth-order valence-electron chi connectivity index (χ4n) is 6.80. The van der Waals surface area contributed by atoms with E-state index in [9.17, 15) is 9.59 Å². The molecule has 0 aliphatic carbocycles. The lowest BCUT2D eigenvalue weighted by Gasteiger charge is -2.45. The molecule has 6 rings (SSSR count). The van der Waals surface area contributed by atoms with Crippen molar-refractivity contribution in [2.75, 3.05) is 39.3 Å². The van der Waals surface area contributed by atoms with E-state index in [4.69, 9.17) is 4.74 Å². The number of carbonyl (C=O) groups excluding carboxylic acids is 2. The Morgan fingerprint density at radius 3 is 2.25 bits per heavy atom. The highest BCUT2D eigenvalue weighted by Gasteiger charge is 2.53. The number of rotatable bonds is 3. The number of carbonyl (C=O) groups is 2. The van der Waals surface area contributed by atoms with E-state index < -0.39 is 5.60 Å². The summed E-state index contributed by atoms with van der Waals surface area (Å²) in [5.74, 6) is 0.274. The van der Waals surface area contributed by atoms with Gasteiger partial charge in [-0.2, -0.15) is 0 Å². The minimum absolute atomic E-state index is 0.123. The third-order valence-corrected chi connectivity index (χ3v) is 8.62. The maximum atomic E-state index is 13.9. The van der Waals surface area contributed by atoms with Crippen molar-refractivity contribution < 1.29 is 14.3 Å². The van der Waals surface area contributed by atoms with Gasteiger partial charge in [0.1, 0.15) is 0 Å². The van der Waals surface area contributed by atoms with E-state index in [1.54, 1.807) is 0 Å². The molecule has 36 heavy (non-hydrogen) atoms. The van der Waals surface area contributed by atoms with Gasteiger partial charge in [0, 0.05) is 51.2 Å². The van der Waals surface area contributed by atoms with Gasteiger partial charge in [-0.1, -0.05) is 48.5 Å². The van der Waals surface area contributed by atoms with Gasteiger partial charge in [-0.25, -0.2) is 0 Å². The van der Waals surface area contributed by atoms with E-state index in [1.165, 1.54) is 0 Å². The van der Waals surface area contributed by atoms with Crippen LogP contribution in [0, 0.1) is 0 Å². The van der Waals surface area contributed by atoms with E-state index in [0.717, 1.165) is 72.5 Å². The number of piperidine rings is 1. The molecule has 3 aliphatic heterocycles. The zero-order valence-electron chi connectivity index (χ0n) is 21.3. The molecule has 3 aromatic rings. The Labute approximate surface area is 212 Å². The predicted molar refractivity (Wildman–Crippen MR) is 142 cm³/mol. The second-order valence-electron chi connectivity index (χ2n) is 10.7. The summed E-state index contributed by atoms with van der Waals surface area (Å²) in [6.07, 6.45) is 2.61. The first-order valence-electron chi connectivity index (χ1n) is 13.4. The number of benzene rings is 3.